The molecule has 0 aliphatic heterocycles. The second kappa shape index (κ2) is 6.69. The number of benzene rings is 2. The lowest BCUT2D eigenvalue weighted by Crippen LogP contribution is -2.23. The molecule has 0 heterocycles. The highest BCUT2D eigenvalue weighted by Crippen LogP contribution is 2.41. The molecule has 0 aromatic heterocycles. The summed E-state index contributed by atoms with van der Waals surface area (Å²) in [5.74, 6) is 0.634. The van der Waals surface area contributed by atoms with Crippen molar-refractivity contribution in [1.82, 2.24) is 5.32 Å². The zero-order valence-electron chi connectivity index (χ0n) is 13.0. The van der Waals surface area contributed by atoms with E-state index in [1.165, 1.54) is 18.4 Å². The molecule has 4 nitrogen and oxygen atoms in total. The highest BCUT2D eigenvalue weighted by atomic mass is 35.5. The number of hydrogen-bond acceptors (Lipinski definition) is 3. The molecule has 2 aromatic rings. The van der Waals surface area contributed by atoms with Crippen molar-refractivity contribution in [3.05, 3.63) is 74.3 Å². The Morgan fingerprint density at radius 2 is 1.96 bits per heavy atom. The monoisotopic (exact) mass is 330 g/mol. The van der Waals surface area contributed by atoms with E-state index in [1.807, 2.05) is 25.1 Å². The van der Waals surface area contributed by atoms with Crippen LogP contribution in [0.1, 0.15) is 35.6 Å². The molecule has 0 spiro atoms. The van der Waals surface area contributed by atoms with Crippen LogP contribution in [0.4, 0.5) is 5.69 Å². The second-order valence-corrected chi connectivity index (χ2v) is 6.50. The molecule has 120 valence electrons. The molecule has 1 aliphatic rings. The van der Waals surface area contributed by atoms with Crippen LogP contribution in [-0.2, 0) is 6.54 Å². The zero-order chi connectivity index (χ0) is 16.4. The van der Waals surface area contributed by atoms with Gasteiger partial charge in [-0.1, -0.05) is 35.9 Å². The summed E-state index contributed by atoms with van der Waals surface area (Å²) in [6, 6.07) is 13.4. The Balaban J connectivity index is 1.76. The minimum absolute atomic E-state index is 0.179. The molecule has 0 unspecified atom stereocenters. The van der Waals surface area contributed by atoms with Gasteiger partial charge in [-0.2, -0.15) is 0 Å². The van der Waals surface area contributed by atoms with Gasteiger partial charge in [0.1, 0.15) is 0 Å². The number of hydrogen-bond donors (Lipinski definition) is 1. The van der Waals surface area contributed by atoms with Crippen molar-refractivity contribution in [2.45, 2.75) is 32.4 Å². The number of nitro benzene ring substituents is 1. The van der Waals surface area contributed by atoms with Crippen LogP contribution in [0.15, 0.2) is 42.5 Å². The largest absolute Gasteiger partial charge is 0.306 e. The first-order valence-electron chi connectivity index (χ1n) is 7.78. The smallest absolute Gasteiger partial charge is 0.272 e. The molecular weight excluding hydrogens is 312 g/mol. The van der Waals surface area contributed by atoms with Crippen LogP contribution < -0.4 is 5.32 Å². The van der Waals surface area contributed by atoms with Crippen molar-refractivity contribution in [1.29, 1.82) is 0 Å². The summed E-state index contributed by atoms with van der Waals surface area (Å²) in [5, 5.41) is 15.4. The van der Waals surface area contributed by atoms with Crippen LogP contribution in [0.25, 0.3) is 0 Å². The first-order valence-corrected chi connectivity index (χ1v) is 8.16. The van der Waals surface area contributed by atoms with E-state index in [-0.39, 0.29) is 16.7 Å². The summed E-state index contributed by atoms with van der Waals surface area (Å²) in [6.07, 6.45) is 2.43. The molecule has 1 atom stereocenters. The zero-order valence-corrected chi connectivity index (χ0v) is 13.7. The maximum absolute atomic E-state index is 11.1. The molecule has 0 radical (unpaired) electrons. The van der Waals surface area contributed by atoms with E-state index in [4.69, 9.17) is 11.6 Å². The Morgan fingerprint density at radius 3 is 2.57 bits per heavy atom. The molecule has 23 heavy (non-hydrogen) atoms. The number of rotatable bonds is 6. The van der Waals surface area contributed by atoms with Crippen molar-refractivity contribution in [3.63, 3.8) is 0 Å². The van der Waals surface area contributed by atoms with Crippen LogP contribution in [0.2, 0.25) is 5.02 Å². The summed E-state index contributed by atoms with van der Waals surface area (Å²) < 4.78 is 0. The highest BCUT2D eigenvalue weighted by molar-refractivity contribution is 6.30. The Bertz CT molecular complexity index is 711. The van der Waals surface area contributed by atoms with Crippen molar-refractivity contribution in [3.8, 4) is 0 Å². The highest BCUT2D eigenvalue weighted by Gasteiger charge is 2.32. The molecule has 1 fully saturated rings. The fourth-order valence-electron chi connectivity index (χ4n) is 2.94. The molecule has 0 bridgehead atoms. The van der Waals surface area contributed by atoms with Crippen molar-refractivity contribution in [2.75, 3.05) is 0 Å². The summed E-state index contributed by atoms with van der Waals surface area (Å²) >= 11 is 5.97. The van der Waals surface area contributed by atoms with Gasteiger partial charge in [-0.05, 0) is 48.9 Å². The first kappa shape index (κ1) is 16.0. The summed E-state index contributed by atoms with van der Waals surface area (Å²) in [7, 11) is 0. The van der Waals surface area contributed by atoms with Crippen LogP contribution in [-0.4, -0.2) is 4.92 Å². The van der Waals surface area contributed by atoms with Gasteiger partial charge in [-0.3, -0.25) is 10.1 Å². The van der Waals surface area contributed by atoms with Gasteiger partial charge in [0.25, 0.3) is 5.69 Å². The van der Waals surface area contributed by atoms with Gasteiger partial charge < -0.3 is 5.32 Å². The lowest BCUT2D eigenvalue weighted by Gasteiger charge is -2.19. The van der Waals surface area contributed by atoms with Crippen LogP contribution in [0, 0.1) is 23.0 Å². The number of nitro groups is 1. The third-order valence-corrected chi connectivity index (χ3v) is 4.70. The SMILES string of the molecule is Cc1c(CN[C@H](c2ccc(Cl)cc2)C2CC2)cccc1[N+](=O)[O-]. The standard InChI is InChI=1S/C18H19ClN2O2/c1-12-15(3-2-4-17(12)21(22)23)11-20-18(13-5-6-13)14-7-9-16(19)10-8-14/h2-4,7-10,13,18,20H,5-6,11H2,1H3/t18-/m0/s1. The Hall–Kier alpha value is -1.91. The lowest BCUT2D eigenvalue weighted by atomic mass is 10.0. The molecule has 0 amide bonds. The normalized spacial score (nSPS) is 15.4. The number of halogens is 1. The van der Waals surface area contributed by atoms with Gasteiger partial charge in [0, 0.05) is 29.2 Å². The summed E-state index contributed by atoms with van der Waals surface area (Å²) in [5.41, 5.74) is 3.10. The lowest BCUT2D eigenvalue weighted by molar-refractivity contribution is -0.385. The topological polar surface area (TPSA) is 55.2 Å². The number of nitrogens with one attached hydrogen (secondary N) is 1. The van der Waals surface area contributed by atoms with Gasteiger partial charge in [0.2, 0.25) is 0 Å². The van der Waals surface area contributed by atoms with E-state index in [0.29, 0.717) is 12.5 Å². The fourth-order valence-corrected chi connectivity index (χ4v) is 3.06. The molecule has 1 saturated carbocycles. The molecule has 1 aliphatic carbocycles. The maximum atomic E-state index is 11.1. The van der Waals surface area contributed by atoms with Crippen molar-refractivity contribution < 1.29 is 4.92 Å². The van der Waals surface area contributed by atoms with Crippen LogP contribution in [0.5, 0.6) is 0 Å². The van der Waals surface area contributed by atoms with E-state index in [9.17, 15) is 10.1 Å². The first-order chi connectivity index (χ1) is 11.1. The molecule has 3 rings (SSSR count). The average Bonchev–Trinajstić information content (AvgIpc) is 3.35. The Morgan fingerprint density at radius 1 is 1.26 bits per heavy atom. The predicted octanol–water partition coefficient (Wildman–Crippen LogP) is 4.80. The maximum Gasteiger partial charge on any atom is 0.272 e. The van der Waals surface area contributed by atoms with E-state index in [2.05, 4.69) is 17.4 Å². The van der Waals surface area contributed by atoms with Crippen molar-refractivity contribution in [2.24, 2.45) is 5.92 Å². The minimum atomic E-state index is -0.323. The van der Waals surface area contributed by atoms with Gasteiger partial charge in [0.15, 0.2) is 0 Å². The third-order valence-electron chi connectivity index (χ3n) is 4.45. The van der Waals surface area contributed by atoms with E-state index < -0.39 is 0 Å². The van der Waals surface area contributed by atoms with Gasteiger partial charge in [-0.25, -0.2) is 0 Å². The molecule has 1 N–H and O–H groups in total. The minimum Gasteiger partial charge on any atom is -0.306 e. The van der Waals surface area contributed by atoms with Crippen LogP contribution in [0.3, 0.4) is 0 Å². The Kier molecular flexibility index (Phi) is 4.64. The molecular formula is C18H19ClN2O2. The summed E-state index contributed by atoms with van der Waals surface area (Å²) in [4.78, 5) is 10.7. The van der Waals surface area contributed by atoms with E-state index >= 15 is 0 Å². The van der Waals surface area contributed by atoms with E-state index in [1.54, 1.807) is 12.1 Å². The fraction of sp³-hybridized carbons (Fsp3) is 0.333. The second-order valence-electron chi connectivity index (χ2n) is 6.07. The quantitative estimate of drug-likeness (QED) is 0.611. The Labute approximate surface area is 140 Å². The van der Waals surface area contributed by atoms with E-state index in [0.717, 1.165) is 16.1 Å². The van der Waals surface area contributed by atoms with Gasteiger partial charge in [-0.15, -0.1) is 0 Å². The summed E-state index contributed by atoms with van der Waals surface area (Å²) in [6.45, 7) is 2.43. The molecule has 0 saturated heterocycles. The molecule has 5 heteroatoms. The molecule has 2 aromatic carbocycles. The van der Waals surface area contributed by atoms with Crippen LogP contribution >= 0.6 is 11.6 Å². The van der Waals surface area contributed by atoms with Gasteiger partial charge in [0.05, 0.1) is 4.92 Å². The average molecular weight is 331 g/mol. The predicted molar refractivity (Wildman–Crippen MR) is 91.6 cm³/mol. The number of nitrogens with zero attached hydrogens (tertiary/aromatic N) is 1. The van der Waals surface area contributed by atoms with Gasteiger partial charge >= 0.3 is 0 Å². The third kappa shape index (κ3) is 3.71. The van der Waals surface area contributed by atoms with Crippen molar-refractivity contribution >= 4 is 17.3 Å².